The molecule has 1 aromatic carbocycles. The highest BCUT2D eigenvalue weighted by Gasteiger charge is 2.15. The lowest BCUT2D eigenvalue weighted by Crippen LogP contribution is -1.99. The van der Waals surface area contributed by atoms with E-state index in [1.165, 1.54) is 27.0 Å². The average molecular weight is 295 g/mol. The Morgan fingerprint density at radius 3 is 2.78 bits per heavy atom. The Labute approximate surface area is 118 Å². The number of hydrogen-bond donors (Lipinski definition) is 1. The predicted molar refractivity (Wildman–Crippen MR) is 79.8 cm³/mol. The molecule has 0 aliphatic rings. The van der Waals surface area contributed by atoms with Crippen molar-refractivity contribution in [3.8, 4) is 0 Å². The fourth-order valence-electron chi connectivity index (χ4n) is 2.04. The smallest absolute Gasteiger partial charge is 0.0937 e. The Morgan fingerprint density at radius 1 is 1.17 bits per heavy atom. The van der Waals surface area contributed by atoms with Gasteiger partial charge in [0.15, 0.2) is 0 Å². The van der Waals surface area contributed by atoms with Gasteiger partial charge in [-0.05, 0) is 33.8 Å². The molecular weight excluding hydrogens is 284 g/mol. The number of fused-ring (bicyclic) bond motifs is 1. The number of aliphatic hydroxyl groups excluding tert-OH is 1. The second-order valence-corrected chi connectivity index (χ2v) is 6.38. The van der Waals surface area contributed by atoms with Gasteiger partial charge in [-0.2, -0.15) is 0 Å². The van der Waals surface area contributed by atoms with E-state index < -0.39 is 6.10 Å². The van der Waals surface area contributed by atoms with Crippen LogP contribution in [0.1, 0.15) is 16.5 Å². The predicted octanol–water partition coefficient (Wildman–Crippen LogP) is 4.89. The summed E-state index contributed by atoms with van der Waals surface area (Å²) >= 11 is 9.27. The highest BCUT2D eigenvalue weighted by atomic mass is 35.5. The summed E-state index contributed by atoms with van der Waals surface area (Å²) in [6.07, 6.45) is 0.0973. The van der Waals surface area contributed by atoms with E-state index in [0.717, 1.165) is 4.88 Å². The van der Waals surface area contributed by atoms with Crippen molar-refractivity contribution < 1.29 is 5.11 Å². The molecule has 0 spiro atoms. The molecule has 0 saturated heterocycles. The normalized spacial score (nSPS) is 13.0. The fourth-order valence-corrected chi connectivity index (χ4v) is 4.18. The molecule has 0 radical (unpaired) electrons. The van der Waals surface area contributed by atoms with Crippen LogP contribution in [-0.2, 0) is 6.42 Å². The van der Waals surface area contributed by atoms with Crippen molar-refractivity contribution in [3.63, 3.8) is 0 Å². The minimum atomic E-state index is -0.518. The number of halogens is 1. The van der Waals surface area contributed by atoms with Gasteiger partial charge in [-0.15, -0.1) is 22.7 Å². The molecule has 0 bridgehead atoms. The van der Waals surface area contributed by atoms with Gasteiger partial charge in [-0.1, -0.05) is 29.8 Å². The van der Waals surface area contributed by atoms with Crippen LogP contribution in [0.2, 0.25) is 5.02 Å². The van der Waals surface area contributed by atoms with Gasteiger partial charge in [0.2, 0.25) is 0 Å². The van der Waals surface area contributed by atoms with Crippen molar-refractivity contribution in [1.29, 1.82) is 0 Å². The summed E-state index contributed by atoms with van der Waals surface area (Å²) in [7, 11) is 0. The van der Waals surface area contributed by atoms with Crippen LogP contribution in [0.15, 0.2) is 41.1 Å². The first kappa shape index (κ1) is 12.2. The summed E-state index contributed by atoms with van der Waals surface area (Å²) in [6.45, 7) is 0. The Kier molecular flexibility index (Phi) is 3.39. The average Bonchev–Trinajstić information content (AvgIpc) is 2.97. The van der Waals surface area contributed by atoms with Crippen molar-refractivity contribution in [2.24, 2.45) is 0 Å². The van der Waals surface area contributed by atoms with E-state index in [9.17, 15) is 5.11 Å². The standard InChI is InChI=1S/C14H11ClOS2/c15-11-5-6-17-14(11)12(16)7-9-8-18-13-4-2-1-3-10(9)13/h1-6,8,12,16H,7H2. The van der Waals surface area contributed by atoms with Crippen LogP contribution in [-0.4, -0.2) is 5.11 Å². The molecule has 3 aromatic rings. The first-order valence-corrected chi connectivity index (χ1v) is 7.75. The van der Waals surface area contributed by atoms with Crippen LogP contribution < -0.4 is 0 Å². The fraction of sp³-hybridized carbons (Fsp3) is 0.143. The molecule has 0 saturated carbocycles. The zero-order valence-corrected chi connectivity index (χ0v) is 11.9. The van der Waals surface area contributed by atoms with Crippen molar-refractivity contribution in [2.45, 2.75) is 12.5 Å². The van der Waals surface area contributed by atoms with Gasteiger partial charge in [-0.25, -0.2) is 0 Å². The molecular formula is C14H11ClOS2. The van der Waals surface area contributed by atoms with Crippen LogP contribution in [0.4, 0.5) is 0 Å². The molecule has 92 valence electrons. The third-order valence-corrected chi connectivity index (χ3v) is 5.39. The number of aliphatic hydroxyl groups is 1. The first-order chi connectivity index (χ1) is 8.75. The van der Waals surface area contributed by atoms with Crippen molar-refractivity contribution in [2.75, 3.05) is 0 Å². The SMILES string of the molecule is OC(Cc1csc2ccccc12)c1sccc1Cl. The molecule has 2 aromatic heterocycles. The summed E-state index contributed by atoms with van der Waals surface area (Å²) in [4.78, 5) is 0.854. The van der Waals surface area contributed by atoms with Crippen LogP contribution in [0.5, 0.6) is 0 Å². The zero-order chi connectivity index (χ0) is 12.5. The van der Waals surface area contributed by atoms with Gasteiger partial charge in [0.25, 0.3) is 0 Å². The lowest BCUT2D eigenvalue weighted by Gasteiger charge is -2.08. The quantitative estimate of drug-likeness (QED) is 0.729. The van der Waals surface area contributed by atoms with E-state index in [4.69, 9.17) is 11.6 Å². The van der Waals surface area contributed by atoms with Gasteiger partial charge >= 0.3 is 0 Å². The van der Waals surface area contributed by atoms with E-state index in [2.05, 4.69) is 17.5 Å². The maximum atomic E-state index is 10.3. The molecule has 1 nitrogen and oxygen atoms in total. The Bertz CT molecular complexity index is 671. The summed E-state index contributed by atoms with van der Waals surface area (Å²) in [5.41, 5.74) is 1.19. The molecule has 4 heteroatoms. The summed E-state index contributed by atoms with van der Waals surface area (Å²) in [5, 5.41) is 16.2. The van der Waals surface area contributed by atoms with Crippen LogP contribution in [0.3, 0.4) is 0 Å². The third-order valence-electron chi connectivity index (χ3n) is 2.92. The number of benzene rings is 1. The Morgan fingerprint density at radius 2 is 2.00 bits per heavy atom. The maximum Gasteiger partial charge on any atom is 0.0937 e. The van der Waals surface area contributed by atoms with Crippen molar-refractivity contribution in [1.82, 2.24) is 0 Å². The second kappa shape index (κ2) is 5.02. The Balaban J connectivity index is 1.91. The highest BCUT2D eigenvalue weighted by Crippen LogP contribution is 2.34. The van der Waals surface area contributed by atoms with Gasteiger partial charge in [-0.3, -0.25) is 0 Å². The van der Waals surface area contributed by atoms with E-state index in [-0.39, 0.29) is 0 Å². The molecule has 0 aliphatic heterocycles. The summed E-state index contributed by atoms with van der Waals surface area (Å²) in [5.74, 6) is 0. The molecule has 1 unspecified atom stereocenters. The second-order valence-electron chi connectivity index (χ2n) is 4.11. The van der Waals surface area contributed by atoms with Crippen LogP contribution >= 0.6 is 34.3 Å². The zero-order valence-electron chi connectivity index (χ0n) is 9.47. The van der Waals surface area contributed by atoms with E-state index in [0.29, 0.717) is 11.4 Å². The van der Waals surface area contributed by atoms with Gasteiger partial charge < -0.3 is 5.11 Å². The lowest BCUT2D eigenvalue weighted by atomic mass is 10.1. The minimum absolute atomic E-state index is 0.518. The van der Waals surface area contributed by atoms with Gasteiger partial charge in [0, 0.05) is 11.1 Å². The lowest BCUT2D eigenvalue weighted by molar-refractivity contribution is 0.183. The van der Waals surface area contributed by atoms with Crippen molar-refractivity contribution >= 4 is 44.4 Å². The van der Waals surface area contributed by atoms with Crippen molar-refractivity contribution in [3.05, 3.63) is 56.6 Å². The van der Waals surface area contributed by atoms with E-state index in [1.54, 1.807) is 11.3 Å². The minimum Gasteiger partial charge on any atom is -0.387 e. The molecule has 0 fully saturated rings. The van der Waals surface area contributed by atoms with Crippen LogP contribution in [0.25, 0.3) is 10.1 Å². The molecule has 0 aliphatic carbocycles. The largest absolute Gasteiger partial charge is 0.387 e. The highest BCUT2D eigenvalue weighted by molar-refractivity contribution is 7.17. The summed E-state index contributed by atoms with van der Waals surface area (Å²) in [6, 6.07) is 10.1. The molecule has 1 N–H and O–H groups in total. The van der Waals surface area contributed by atoms with E-state index in [1.807, 2.05) is 23.6 Å². The Hall–Kier alpha value is -0.870. The maximum absolute atomic E-state index is 10.3. The molecule has 3 rings (SSSR count). The number of hydrogen-bond acceptors (Lipinski definition) is 3. The van der Waals surface area contributed by atoms with Gasteiger partial charge in [0.1, 0.15) is 0 Å². The molecule has 2 heterocycles. The number of thiophene rings is 2. The number of rotatable bonds is 3. The van der Waals surface area contributed by atoms with Gasteiger partial charge in [0.05, 0.1) is 16.0 Å². The molecule has 0 amide bonds. The molecule has 1 atom stereocenters. The van der Waals surface area contributed by atoms with Crippen LogP contribution in [0, 0.1) is 0 Å². The van der Waals surface area contributed by atoms with E-state index >= 15 is 0 Å². The topological polar surface area (TPSA) is 20.2 Å². The third kappa shape index (κ3) is 2.19. The summed E-state index contributed by atoms with van der Waals surface area (Å²) < 4.78 is 1.26. The first-order valence-electron chi connectivity index (χ1n) is 5.62. The molecule has 18 heavy (non-hydrogen) atoms. The monoisotopic (exact) mass is 294 g/mol.